The molecule has 1 aliphatic heterocycles. The zero-order chi connectivity index (χ0) is 27.2. The van der Waals surface area contributed by atoms with Crippen LogP contribution in [0.25, 0.3) is 0 Å². The molecular weight excluding hydrogens is 495 g/mol. The predicted octanol–water partition coefficient (Wildman–Crippen LogP) is 4.17. The van der Waals surface area contributed by atoms with Gasteiger partial charge in [-0.2, -0.15) is 0 Å². The van der Waals surface area contributed by atoms with Crippen LogP contribution in [0, 0.1) is 11.7 Å². The van der Waals surface area contributed by atoms with Gasteiger partial charge in [0.1, 0.15) is 11.4 Å². The van der Waals surface area contributed by atoms with Gasteiger partial charge < -0.3 is 25.0 Å². The fourth-order valence-electron chi connectivity index (χ4n) is 4.48. The van der Waals surface area contributed by atoms with Gasteiger partial charge in [-0.25, -0.2) is 14.2 Å². The fourth-order valence-corrected chi connectivity index (χ4v) is 5.40. The van der Waals surface area contributed by atoms with Crippen LogP contribution in [-0.4, -0.2) is 60.8 Å². The van der Waals surface area contributed by atoms with Gasteiger partial charge in [-0.3, -0.25) is 4.79 Å². The normalized spacial score (nSPS) is 15.9. The fraction of sp³-hybridized carbons (Fsp3) is 0.593. The molecule has 1 aromatic carbocycles. The first-order valence-corrected chi connectivity index (χ1v) is 13.6. The van der Waals surface area contributed by atoms with Crippen LogP contribution in [0.1, 0.15) is 53.2 Å². The second-order valence-electron chi connectivity index (χ2n) is 10.8. The van der Waals surface area contributed by atoms with Gasteiger partial charge in [-0.15, -0.1) is 11.3 Å². The third kappa shape index (κ3) is 7.41. The number of primary amides is 1. The summed E-state index contributed by atoms with van der Waals surface area (Å²) in [4.78, 5) is 35.5. The molecule has 37 heavy (non-hydrogen) atoms. The predicted molar refractivity (Wildman–Crippen MR) is 144 cm³/mol. The Morgan fingerprint density at radius 2 is 1.86 bits per heavy atom. The van der Waals surface area contributed by atoms with Crippen molar-refractivity contribution in [2.45, 2.75) is 65.0 Å². The number of aryl methyl sites for hydroxylation is 1. The molecule has 0 bridgehead atoms. The van der Waals surface area contributed by atoms with Gasteiger partial charge in [-0.05, 0) is 70.2 Å². The molecule has 10 heteroatoms. The topological polar surface area (TPSA) is 98.0 Å². The lowest BCUT2D eigenvalue weighted by molar-refractivity contribution is -0.164. The van der Waals surface area contributed by atoms with E-state index in [1.54, 1.807) is 49.1 Å². The highest BCUT2D eigenvalue weighted by Crippen LogP contribution is 2.34. The lowest BCUT2D eigenvalue weighted by Crippen LogP contribution is -2.65. The maximum atomic E-state index is 13.8. The lowest BCUT2D eigenvalue weighted by atomic mass is 9.85. The van der Waals surface area contributed by atoms with E-state index in [1.807, 2.05) is 19.2 Å². The van der Waals surface area contributed by atoms with E-state index in [4.69, 9.17) is 20.2 Å². The van der Waals surface area contributed by atoms with E-state index in [0.29, 0.717) is 38.3 Å². The second-order valence-corrected chi connectivity index (χ2v) is 11.6. The Kier molecular flexibility index (Phi) is 9.52. The average Bonchev–Trinajstić information content (AvgIpc) is 3.29. The number of anilines is 2. The monoisotopic (exact) mass is 534 g/mol. The van der Waals surface area contributed by atoms with Gasteiger partial charge in [0.2, 0.25) is 5.54 Å². The number of hydrogen-bond acceptors (Lipinski definition) is 8. The van der Waals surface area contributed by atoms with Crippen molar-refractivity contribution in [1.82, 2.24) is 4.98 Å². The quantitative estimate of drug-likeness (QED) is 0.341. The Morgan fingerprint density at radius 1 is 1.22 bits per heavy atom. The Hall–Kier alpha value is -2.72. The van der Waals surface area contributed by atoms with Crippen molar-refractivity contribution in [3.05, 3.63) is 41.2 Å². The summed E-state index contributed by atoms with van der Waals surface area (Å²) >= 11 is 1.60. The molecule has 1 atom stereocenters. The van der Waals surface area contributed by atoms with Gasteiger partial charge >= 0.3 is 5.97 Å². The summed E-state index contributed by atoms with van der Waals surface area (Å²) in [6.07, 6.45) is 1.40. The number of rotatable bonds is 11. The molecule has 0 aliphatic carbocycles. The first kappa shape index (κ1) is 28.8. The standard InChI is InChI=1S/C27H39FN4O4S/c1-19(2)17-27(23(29)33,24(34)36-26(3,4)5)32(22-10-8-20(28)9-11-22)12-6-7-21-18-37-25(30-21)31-13-15-35-16-14-31/h8-11,18-19H,6-7,12-17H2,1-5H3,(H2,29,33)/t27-/m0/s1. The minimum Gasteiger partial charge on any atom is -0.458 e. The van der Waals surface area contributed by atoms with Crippen LogP contribution in [-0.2, 0) is 25.5 Å². The number of aromatic nitrogens is 1. The summed E-state index contributed by atoms with van der Waals surface area (Å²) < 4.78 is 25.0. The molecule has 0 radical (unpaired) electrons. The van der Waals surface area contributed by atoms with Crippen LogP contribution in [0.4, 0.5) is 15.2 Å². The summed E-state index contributed by atoms with van der Waals surface area (Å²) in [5, 5.41) is 3.00. The first-order chi connectivity index (χ1) is 17.4. The molecule has 1 aromatic heterocycles. The molecule has 2 N–H and O–H groups in total. The Bertz CT molecular complexity index is 1050. The molecule has 3 rings (SSSR count). The van der Waals surface area contributed by atoms with Crippen LogP contribution >= 0.6 is 11.3 Å². The highest BCUT2D eigenvalue weighted by Gasteiger charge is 2.52. The number of nitrogens with zero attached hydrogens (tertiary/aromatic N) is 3. The van der Waals surface area contributed by atoms with Gasteiger partial charge in [0.05, 0.1) is 18.9 Å². The smallest absolute Gasteiger partial charge is 0.342 e. The number of esters is 1. The van der Waals surface area contributed by atoms with E-state index in [1.165, 1.54) is 12.1 Å². The number of carbonyl (C=O) groups is 2. The van der Waals surface area contributed by atoms with E-state index in [-0.39, 0.29) is 12.3 Å². The molecule has 2 aromatic rings. The highest BCUT2D eigenvalue weighted by molar-refractivity contribution is 7.13. The summed E-state index contributed by atoms with van der Waals surface area (Å²) in [5.41, 5.74) is 4.89. The number of amides is 1. The minimum atomic E-state index is -1.75. The molecule has 1 saturated heterocycles. The average molecular weight is 535 g/mol. The van der Waals surface area contributed by atoms with E-state index in [9.17, 15) is 14.0 Å². The summed E-state index contributed by atoms with van der Waals surface area (Å²) in [6.45, 7) is 12.4. The zero-order valence-electron chi connectivity index (χ0n) is 22.5. The van der Waals surface area contributed by atoms with Crippen LogP contribution in [0.2, 0.25) is 0 Å². The Labute approximate surface area is 222 Å². The molecule has 204 valence electrons. The van der Waals surface area contributed by atoms with Gasteiger partial charge in [0, 0.05) is 30.7 Å². The number of benzene rings is 1. The largest absolute Gasteiger partial charge is 0.458 e. The maximum Gasteiger partial charge on any atom is 0.342 e. The molecule has 0 saturated carbocycles. The van der Waals surface area contributed by atoms with Gasteiger partial charge in [-0.1, -0.05) is 13.8 Å². The molecule has 1 amide bonds. The van der Waals surface area contributed by atoms with Gasteiger partial charge in [0.25, 0.3) is 5.91 Å². The first-order valence-electron chi connectivity index (χ1n) is 12.8. The summed E-state index contributed by atoms with van der Waals surface area (Å²) in [5.74, 6) is -1.94. The molecule has 1 fully saturated rings. The summed E-state index contributed by atoms with van der Waals surface area (Å²) in [7, 11) is 0. The molecule has 0 unspecified atom stereocenters. The number of hydrogen-bond donors (Lipinski definition) is 1. The SMILES string of the molecule is CC(C)C[C@](C(N)=O)(C(=O)OC(C)(C)C)N(CCCc1csc(N2CCOCC2)n1)c1ccc(F)cc1. The van der Waals surface area contributed by atoms with Crippen LogP contribution in [0.5, 0.6) is 0 Å². The van der Waals surface area contributed by atoms with Crippen molar-refractivity contribution in [2.75, 3.05) is 42.6 Å². The molecule has 2 heterocycles. The third-order valence-electron chi connectivity index (χ3n) is 6.08. The number of nitrogens with two attached hydrogens (primary N) is 1. The number of ether oxygens (including phenoxy) is 2. The molecule has 1 aliphatic rings. The van der Waals surface area contributed by atoms with E-state index < -0.39 is 28.8 Å². The van der Waals surface area contributed by atoms with Crippen molar-refractivity contribution in [3.63, 3.8) is 0 Å². The molecular formula is C27H39FN4O4S. The van der Waals surface area contributed by atoms with E-state index in [0.717, 1.165) is 23.9 Å². The van der Waals surface area contributed by atoms with Crippen molar-refractivity contribution in [3.8, 4) is 0 Å². The highest BCUT2D eigenvalue weighted by atomic mass is 32.1. The van der Waals surface area contributed by atoms with Gasteiger partial charge in [0.15, 0.2) is 5.13 Å². The maximum absolute atomic E-state index is 13.8. The minimum absolute atomic E-state index is 0.0439. The molecule has 0 spiro atoms. The number of morpholine rings is 1. The zero-order valence-corrected chi connectivity index (χ0v) is 23.3. The van der Waals surface area contributed by atoms with Crippen LogP contribution < -0.4 is 15.5 Å². The number of halogens is 1. The lowest BCUT2D eigenvalue weighted by Gasteiger charge is -2.43. The van der Waals surface area contributed by atoms with Crippen molar-refractivity contribution < 1.29 is 23.5 Å². The van der Waals surface area contributed by atoms with E-state index in [2.05, 4.69) is 4.90 Å². The molecule has 8 nitrogen and oxygen atoms in total. The van der Waals surface area contributed by atoms with Crippen molar-refractivity contribution in [1.29, 1.82) is 0 Å². The number of thiazole rings is 1. The third-order valence-corrected chi connectivity index (χ3v) is 7.03. The second kappa shape index (κ2) is 12.2. The van der Waals surface area contributed by atoms with Crippen LogP contribution in [0.15, 0.2) is 29.6 Å². The van der Waals surface area contributed by atoms with E-state index >= 15 is 0 Å². The number of carbonyl (C=O) groups excluding carboxylic acids is 2. The summed E-state index contributed by atoms with van der Waals surface area (Å²) in [6, 6.07) is 5.76. The Balaban J connectivity index is 1.90. The van der Waals surface area contributed by atoms with Crippen LogP contribution in [0.3, 0.4) is 0 Å². The van der Waals surface area contributed by atoms with Crippen molar-refractivity contribution in [2.24, 2.45) is 11.7 Å². The van der Waals surface area contributed by atoms with Crippen molar-refractivity contribution >= 4 is 34.0 Å². The Morgan fingerprint density at radius 3 is 2.43 bits per heavy atom.